The second kappa shape index (κ2) is 9.21. The Labute approximate surface area is 162 Å². The number of primary amides is 1. The molecule has 138 valence electrons. The van der Waals surface area contributed by atoms with E-state index in [2.05, 4.69) is 34.6 Å². The van der Waals surface area contributed by atoms with Gasteiger partial charge in [0, 0.05) is 34.7 Å². The number of amides is 1. The number of benzene rings is 2. The van der Waals surface area contributed by atoms with Crippen LogP contribution in [0.4, 0.5) is 11.5 Å². The lowest BCUT2D eigenvalue weighted by atomic mass is 10.1. The number of hydrogen-bond donors (Lipinski definition) is 3. The minimum Gasteiger partial charge on any atom is -0.396 e. The summed E-state index contributed by atoms with van der Waals surface area (Å²) in [6, 6.07) is 19.3. The third kappa shape index (κ3) is 5.32. The highest BCUT2D eigenvalue weighted by Gasteiger charge is 2.04. The molecule has 27 heavy (non-hydrogen) atoms. The quantitative estimate of drug-likeness (QED) is 0.406. The summed E-state index contributed by atoms with van der Waals surface area (Å²) in [6.45, 7) is 0.225. The molecule has 0 aliphatic rings. The predicted octanol–water partition coefficient (Wildman–Crippen LogP) is 4.07. The molecule has 3 rings (SSSR count). The maximum atomic E-state index is 11.1. The van der Waals surface area contributed by atoms with Gasteiger partial charge in [0.15, 0.2) is 0 Å². The number of thioether (sulfide) groups is 1. The average Bonchev–Trinajstić information content (AvgIpc) is 2.69. The first-order valence-electron chi connectivity index (χ1n) is 8.63. The van der Waals surface area contributed by atoms with E-state index in [1.54, 1.807) is 42.2 Å². The maximum absolute atomic E-state index is 11.1. The van der Waals surface area contributed by atoms with Crippen LogP contribution in [0.25, 0.3) is 11.1 Å². The van der Waals surface area contributed by atoms with Gasteiger partial charge in [0.05, 0.1) is 0 Å². The van der Waals surface area contributed by atoms with Crippen LogP contribution < -0.4 is 11.1 Å². The van der Waals surface area contributed by atoms with Crippen molar-refractivity contribution >= 4 is 29.2 Å². The average molecular weight is 379 g/mol. The summed E-state index contributed by atoms with van der Waals surface area (Å²) >= 11 is 1.74. The van der Waals surface area contributed by atoms with Gasteiger partial charge in [-0.1, -0.05) is 12.1 Å². The smallest absolute Gasteiger partial charge is 0.248 e. The SMILES string of the molecule is NC(=O)c1ccc(Nc2cc(-c3ccc(SCCCO)cc3)ccn2)cc1. The Morgan fingerprint density at radius 3 is 2.44 bits per heavy atom. The van der Waals surface area contributed by atoms with Crippen LogP contribution >= 0.6 is 11.8 Å². The summed E-state index contributed by atoms with van der Waals surface area (Å²) in [4.78, 5) is 16.7. The fourth-order valence-corrected chi connectivity index (χ4v) is 3.38. The lowest BCUT2D eigenvalue weighted by Gasteiger charge is -2.09. The number of aliphatic hydroxyl groups excluding tert-OH is 1. The van der Waals surface area contributed by atoms with Gasteiger partial charge in [-0.2, -0.15) is 0 Å². The summed E-state index contributed by atoms with van der Waals surface area (Å²) in [7, 11) is 0. The molecule has 6 heteroatoms. The molecule has 2 aromatic carbocycles. The van der Waals surface area contributed by atoms with E-state index in [0.717, 1.165) is 34.8 Å². The fourth-order valence-electron chi connectivity index (χ4n) is 2.54. The zero-order valence-corrected chi connectivity index (χ0v) is 15.6. The van der Waals surface area contributed by atoms with Gasteiger partial charge in [-0.25, -0.2) is 4.98 Å². The van der Waals surface area contributed by atoms with Crippen molar-refractivity contribution in [1.29, 1.82) is 0 Å². The number of rotatable bonds is 8. The summed E-state index contributed by atoms with van der Waals surface area (Å²) in [6.07, 6.45) is 2.56. The number of hydrogen-bond acceptors (Lipinski definition) is 5. The van der Waals surface area contributed by atoms with Crippen molar-refractivity contribution in [3.63, 3.8) is 0 Å². The number of anilines is 2. The number of carbonyl (C=O) groups excluding carboxylic acids is 1. The number of pyridine rings is 1. The van der Waals surface area contributed by atoms with Crippen molar-refractivity contribution in [2.24, 2.45) is 5.73 Å². The molecular formula is C21H21N3O2S. The van der Waals surface area contributed by atoms with E-state index in [1.165, 1.54) is 4.90 Å². The number of aliphatic hydroxyl groups is 1. The third-order valence-electron chi connectivity index (χ3n) is 3.96. The Kier molecular flexibility index (Phi) is 6.46. The standard InChI is InChI=1S/C21H21N3O2S/c22-21(26)16-2-6-18(7-3-16)24-20-14-17(10-11-23-20)15-4-8-19(9-5-15)27-13-1-12-25/h2-11,14,25H,1,12-13H2,(H2,22,26)(H,23,24). The van der Waals surface area contributed by atoms with E-state index in [0.29, 0.717) is 5.56 Å². The molecule has 0 aliphatic heterocycles. The molecule has 0 unspecified atom stereocenters. The van der Waals surface area contributed by atoms with Crippen LogP contribution in [0.2, 0.25) is 0 Å². The van der Waals surface area contributed by atoms with Gasteiger partial charge < -0.3 is 16.2 Å². The number of nitrogens with zero attached hydrogens (tertiary/aromatic N) is 1. The van der Waals surface area contributed by atoms with E-state index in [1.807, 2.05) is 12.1 Å². The van der Waals surface area contributed by atoms with Gasteiger partial charge >= 0.3 is 0 Å². The first kappa shape index (κ1) is 18.9. The molecule has 0 bridgehead atoms. The van der Waals surface area contributed by atoms with E-state index < -0.39 is 5.91 Å². The summed E-state index contributed by atoms with van der Waals surface area (Å²) < 4.78 is 0. The van der Waals surface area contributed by atoms with Crippen molar-refractivity contribution in [2.45, 2.75) is 11.3 Å². The molecule has 4 N–H and O–H groups in total. The first-order valence-corrected chi connectivity index (χ1v) is 9.61. The molecule has 0 aliphatic carbocycles. The highest BCUT2D eigenvalue weighted by Crippen LogP contribution is 2.26. The molecule has 0 saturated carbocycles. The van der Waals surface area contributed by atoms with Gasteiger partial charge in [0.25, 0.3) is 0 Å². The fraction of sp³-hybridized carbons (Fsp3) is 0.143. The number of nitrogens with one attached hydrogen (secondary N) is 1. The zero-order chi connectivity index (χ0) is 19.1. The van der Waals surface area contributed by atoms with Crippen LogP contribution in [-0.4, -0.2) is 28.4 Å². The monoisotopic (exact) mass is 379 g/mol. The zero-order valence-electron chi connectivity index (χ0n) is 14.8. The van der Waals surface area contributed by atoms with Crippen LogP contribution in [0.1, 0.15) is 16.8 Å². The van der Waals surface area contributed by atoms with Gasteiger partial charge in [-0.15, -0.1) is 11.8 Å². The van der Waals surface area contributed by atoms with Crippen molar-refractivity contribution in [2.75, 3.05) is 17.7 Å². The van der Waals surface area contributed by atoms with Crippen molar-refractivity contribution in [1.82, 2.24) is 4.98 Å². The molecule has 1 aromatic heterocycles. The van der Waals surface area contributed by atoms with Crippen molar-refractivity contribution in [3.05, 3.63) is 72.4 Å². The Hall–Kier alpha value is -2.83. The highest BCUT2D eigenvalue weighted by atomic mass is 32.2. The van der Waals surface area contributed by atoms with Crippen molar-refractivity contribution < 1.29 is 9.90 Å². The molecule has 1 amide bonds. The summed E-state index contributed by atoms with van der Waals surface area (Å²) in [5.74, 6) is 1.19. The molecule has 1 heterocycles. The largest absolute Gasteiger partial charge is 0.396 e. The van der Waals surface area contributed by atoms with Gasteiger partial charge in [0.2, 0.25) is 5.91 Å². The second-order valence-corrected chi connectivity index (χ2v) is 7.11. The predicted molar refractivity (Wildman–Crippen MR) is 110 cm³/mol. The first-order chi connectivity index (χ1) is 13.2. The second-order valence-electron chi connectivity index (χ2n) is 5.95. The molecular weight excluding hydrogens is 358 g/mol. The van der Waals surface area contributed by atoms with Gasteiger partial charge in [-0.3, -0.25) is 4.79 Å². The van der Waals surface area contributed by atoms with E-state index in [4.69, 9.17) is 10.8 Å². The Bertz CT molecular complexity index is 896. The third-order valence-corrected chi connectivity index (χ3v) is 5.06. The molecule has 0 fully saturated rings. The van der Waals surface area contributed by atoms with E-state index in [-0.39, 0.29) is 6.61 Å². The normalized spacial score (nSPS) is 10.6. The minimum atomic E-state index is -0.445. The summed E-state index contributed by atoms with van der Waals surface area (Å²) in [5, 5.41) is 12.1. The van der Waals surface area contributed by atoms with Crippen LogP contribution in [0.3, 0.4) is 0 Å². The lowest BCUT2D eigenvalue weighted by molar-refractivity contribution is 0.100. The van der Waals surface area contributed by atoms with Crippen LogP contribution in [-0.2, 0) is 0 Å². The van der Waals surface area contributed by atoms with E-state index >= 15 is 0 Å². The summed E-state index contributed by atoms with van der Waals surface area (Å²) in [5.41, 5.74) is 8.74. The number of aromatic nitrogens is 1. The molecule has 5 nitrogen and oxygen atoms in total. The number of nitrogens with two attached hydrogens (primary N) is 1. The minimum absolute atomic E-state index is 0.225. The molecule has 0 atom stereocenters. The lowest BCUT2D eigenvalue weighted by Crippen LogP contribution is -2.10. The highest BCUT2D eigenvalue weighted by molar-refractivity contribution is 7.99. The molecule has 0 saturated heterocycles. The molecule has 0 radical (unpaired) electrons. The van der Waals surface area contributed by atoms with Gasteiger partial charge in [0.1, 0.15) is 5.82 Å². The van der Waals surface area contributed by atoms with E-state index in [9.17, 15) is 4.79 Å². The Balaban J connectivity index is 1.70. The van der Waals surface area contributed by atoms with Crippen molar-refractivity contribution in [3.8, 4) is 11.1 Å². The van der Waals surface area contributed by atoms with Crippen LogP contribution in [0, 0.1) is 0 Å². The molecule has 3 aromatic rings. The van der Waals surface area contributed by atoms with Crippen LogP contribution in [0.5, 0.6) is 0 Å². The molecule has 0 spiro atoms. The number of carbonyl (C=O) groups is 1. The van der Waals surface area contributed by atoms with Crippen LogP contribution in [0.15, 0.2) is 71.8 Å². The maximum Gasteiger partial charge on any atom is 0.248 e. The topological polar surface area (TPSA) is 88.2 Å². The Morgan fingerprint density at radius 2 is 1.78 bits per heavy atom. The van der Waals surface area contributed by atoms with Gasteiger partial charge in [-0.05, 0) is 66.1 Å². The Morgan fingerprint density at radius 1 is 1.04 bits per heavy atom.